The van der Waals surface area contributed by atoms with Crippen molar-refractivity contribution >= 4 is 21.6 Å². The molecule has 2 N–H and O–H groups in total. The van der Waals surface area contributed by atoms with E-state index in [1.54, 1.807) is 37.3 Å². The minimum absolute atomic E-state index is 0.00823. The van der Waals surface area contributed by atoms with Crippen LogP contribution in [0, 0.1) is 13.8 Å². The normalized spacial score (nSPS) is 15.0. The minimum atomic E-state index is -3.67. The number of amides is 1. The molecule has 1 aliphatic rings. The van der Waals surface area contributed by atoms with Crippen LogP contribution in [0.15, 0.2) is 60.0 Å². The van der Waals surface area contributed by atoms with Gasteiger partial charge in [-0.15, -0.1) is 6.58 Å². The summed E-state index contributed by atoms with van der Waals surface area (Å²) in [6.07, 6.45) is 3.24. The Morgan fingerprint density at radius 1 is 1.15 bits per heavy atom. The van der Waals surface area contributed by atoms with E-state index >= 15 is 0 Å². The van der Waals surface area contributed by atoms with Gasteiger partial charge in [-0.25, -0.2) is 8.42 Å². The molecule has 2 aromatic carbocycles. The predicted molar refractivity (Wildman–Crippen MR) is 107 cm³/mol. The third-order valence-electron chi connectivity index (χ3n) is 4.91. The highest BCUT2D eigenvalue weighted by Crippen LogP contribution is 2.48. The molecule has 0 unspecified atom stereocenters. The predicted octanol–water partition coefficient (Wildman–Crippen LogP) is 3.44. The van der Waals surface area contributed by atoms with E-state index in [9.17, 15) is 13.2 Å². The second kappa shape index (κ2) is 7.19. The molecule has 1 amide bonds. The monoisotopic (exact) mass is 384 g/mol. The molecule has 142 valence electrons. The molecule has 0 aliphatic heterocycles. The lowest BCUT2D eigenvalue weighted by Crippen LogP contribution is -2.34. The third kappa shape index (κ3) is 3.90. The number of carbonyl (C=O) groups excluding carboxylic acids is 1. The fraction of sp³-hybridized carbons (Fsp3) is 0.286. The van der Waals surface area contributed by atoms with Crippen LogP contribution in [-0.4, -0.2) is 20.9 Å². The van der Waals surface area contributed by atoms with Crippen LogP contribution in [0.4, 0.5) is 5.69 Å². The van der Waals surface area contributed by atoms with E-state index in [0.717, 1.165) is 24.0 Å². The zero-order valence-electron chi connectivity index (χ0n) is 15.6. The average Bonchev–Trinajstić information content (AvgIpc) is 3.44. The lowest BCUT2D eigenvalue weighted by molar-refractivity contribution is -0.123. The lowest BCUT2D eigenvalue weighted by atomic mass is 9.95. The first-order chi connectivity index (χ1) is 12.8. The highest BCUT2D eigenvalue weighted by molar-refractivity contribution is 7.92. The largest absolute Gasteiger partial charge is 0.352 e. The summed E-state index contributed by atoms with van der Waals surface area (Å²) in [6.45, 7) is 7.68. The van der Waals surface area contributed by atoms with Gasteiger partial charge in [0.05, 0.1) is 10.3 Å². The molecular formula is C21H24N2O3S. The van der Waals surface area contributed by atoms with Gasteiger partial charge in [0, 0.05) is 12.2 Å². The summed E-state index contributed by atoms with van der Waals surface area (Å²) < 4.78 is 28.0. The molecule has 5 nitrogen and oxygen atoms in total. The first-order valence-corrected chi connectivity index (χ1v) is 10.4. The van der Waals surface area contributed by atoms with Crippen LogP contribution < -0.4 is 10.0 Å². The highest BCUT2D eigenvalue weighted by atomic mass is 32.2. The summed E-state index contributed by atoms with van der Waals surface area (Å²) in [5.41, 5.74) is 2.46. The van der Waals surface area contributed by atoms with E-state index in [2.05, 4.69) is 16.6 Å². The standard InChI is InChI=1S/C21H24N2O3S/c1-4-13-22-20(24)21(11-12-21)17-7-9-18(10-8-17)23-27(25,26)19-14-15(2)5-6-16(19)3/h4-10,14,23H,1,11-13H2,2-3H3,(H,22,24). The number of aryl methyl sites for hydroxylation is 2. The van der Waals surface area contributed by atoms with E-state index in [1.165, 1.54) is 0 Å². The number of rotatable bonds is 7. The maximum absolute atomic E-state index is 12.7. The van der Waals surface area contributed by atoms with Gasteiger partial charge in [0.15, 0.2) is 0 Å². The van der Waals surface area contributed by atoms with Crippen LogP contribution in [0.3, 0.4) is 0 Å². The van der Waals surface area contributed by atoms with Crippen molar-refractivity contribution < 1.29 is 13.2 Å². The highest BCUT2D eigenvalue weighted by Gasteiger charge is 2.50. The van der Waals surface area contributed by atoms with E-state index in [0.29, 0.717) is 17.8 Å². The molecule has 0 atom stereocenters. The summed E-state index contributed by atoms with van der Waals surface area (Å²) in [6, 6.07) is 12.4. The Bertz CT molecular complexity index is 975. The summed E-state index contributed by atoms with van der Waals surface area (Å²) in [7, 11) is -3.67. The molecule has 2 aromatic rings. The Kier molecular flexibility index (Phi) is 5.11. The summed E-state index contributed by atoms with van der Waals surface area (Å²) in [5.74, 6) is -0.00823. The Morgan fingerprint density at radius 2 is 1.81 bits per heavy atom. The van der Waals surface area contributed by atoms with Crippen LogP contribution in [0.2, 0.25) is 0 Å². The van der Waals surface area contributed by atoms with Crippen molar-refractivity contribution in [2.45, 2.75) is 37.0 Å². The average molecular weight is 385 g/mol. The number of nitrogens with one attached hydrogen (secondary N) is 2. The molecule has 1 saturated carbocycles. The lowest BCUT2D eigenvalue weighted by Gasteiger charge is -2.16. The molecule has 27 heavy (non-hydrogen) atoms. The minimum Gasteiger partial charge on any atom is -0.352 e. The van der Waals surface area contributed by atoms with Crippen LogP contribution in [0.1, 0.15) is 29.5 Å². The molecule has 0 spiro atoms. The number of carbonyl (C=O) groups is 1. The van der Waals surface area contributed by atoms with E-state index in [1.807, 2.05) is 25.1 Å². The zero-order valence-corrected chi connectivity index (χ0v) is 16.4. The Morgan fingerprint density at radius 3 is 2.41 bits per heavy atom. The maximum Gasteiger partial charge on any atom is 0.262 e. The smallest absolute Gasteiger partial charge is 0.262 e. The van der Waals surface area contributed by atoms with Crippen molar-refractivity contribution in [3.63, 3.8) is 0 Å². The van der Waals surface area contributed by atoms with Crippen LogP contribution in [-0.2, 0) is 20.2 Å². The first kappa shape index (κ1) is 19.2. The van der Waals surface area contributed by atoms with Gasteiger partial charge < -0.3 is 5.32 Å². The Labute approximate surface area is 160 Å². The molecule has 1 aliphatic carbocycles. The van der Waals surface area contributed by atoms with Crippen molar-refractivity contribution in [2.75, 3.05) is 11.3 Å². The summed E-state index contributed by atoms with van der Waals surface area (Å²) in [4.78, 5) is 12.7. The van der Waals surface area contributed by atoms with Crippen molar-refractivity contribution in [2.24, 2.45) is 0 Å². The van der Waals surface area contributed by atoms with Crippen LogP contribution in [0.25, 0.3) is 0 Å². The van der Waals surface area contributed by atoms with Gasteiger partial charge in [-0.05, 0) is 61.6 Å². The molecular weight excluding hydrogens is 360 g/mol. The topological polar surface area (TPSA) is 75.3 Å². The van der Waals surface area contributed by atoms with Crippen molar-refractivity contribution in [3.8, 4) is 0 Å². The summed E-state index contributed by atoms with van der Waals surface area (Å²) in [5, 5.41) is 2.85. The third-order valence-corrected chi connectivity index (χ3v) is 6.44. The SMILES string of the molecule is C=CCNC(=O)C1(c2ccc(NS(=O)(=O)c3cc(C)ccc3C)cc2)CC1. The number of anilines is 1. The van der Waals surface area contributed by atoms with Gasteiger partial charge in [0.2, 0.25) is 5.91 Å². The van der Waals surface area contributed by atoms with Gasteiger partial charge in [0.25, 0.3) is 10.0 Å². The van der Waals surface area contributed by atoms with Gasteiger partial charge in [-0.3, -0.25) is 9.52 Å². The Hall–Kier alpha value is -2.60. The second-order valence-corrected chi connectivity index (χ2v) is 8.68. The van der Waals surface area contributed by atoms with E-state index < -0.39 is 15.4 Å². The van der Waals surface area contributed by atoms with Gasteiger partial charge in [-0.2, -0.15) is 0 Å². The van der Waals surface area contributed by atoms with Crippen molar-refractivity contribution in [1.29, 1.82) is 0 Å². The fourth-order valence-corrected chi connectivity index (χ4v) is 4.56. The van der Waals surface area contributed by atoms with Crippen LogP contribution >= 0.6 is 0 Å². The molecule has 0 aromatic heterocycles. The van der Waals surface area contributed by atoms with Gasteiger partial charge in [0.1, 0.15) is 0 Å². The molecule has 6 heteroatoms. The molecule has 0 saturated heterocycles. The van der Waals surface area contributed by atoms with E-state index in [4.69, 9.17) is 0 Å². The molecule has 0 heterocycles. The first-order valence-electron chi connectivity index (χ1n) is 8.88. The summed E-state index contributed by atoms with van der Waals surface area (Å²) >= 11 is 0. The van der Waals surface area contributed by atoms with Gasteiger partial charge >= 0.3 is 0 Å². The number of benzene rings is 2. The number of sulfonamides is 1. The number of hydrogen-bond donors (Lipinski definition) is 2. The molecule has 0 radical (unpaired) electrons. The quantitative estimate of drug-likeness (QED) is 0.718. The zero-order chi connectivity index (χ0) is 19.7. The van der Waals surface area contributed by atoms with Crippen molar-refractivity contribution in [1.82, 2.24) is 5.32 Å². The van der Waals surface area contributed by atoms with Gasteiger partial charge in [-0.1, -0.05) is 30.3 Å². The molecule has 1 fully saturated rings. The molecule has 0 bridgehead atoms. The molecule has 3 rings (SSSR count). The maximum atomic E-state index is 12.7. The number of hydrogen-bond acceptors (Lipinski definition) is 3. The van der Waals surface area contributed by atoms with Crippen molar-refractivity contribution in [3.05, 3.63) is 71.8 Å². The van der Waals surface area contributed by atoms with E-state index in [-0.39, 0.29) is 10.8 Å². The fourth-order valence-electron chi connectivity index (χ4n) is 3.17. The van der Waals surface area contributed by atoms with Crippen LogP contribution in [0.5, 0.6) is 0 Å². The second-order valence-electron chi connectivity index (χ2n) is 7.03. The Balaban J connectivity index is 1.79.